The zero-order chi connectivity index (χ0) is 15.6. The quantitative estimate of drug-likeness (QED) is 0.848. The monoisotopic (exact) mass is 300 g/mol. The molecule has 0 atom stereocenters. The topological polar surface area (TPSA) is 49.4 Å². The number of carbonyl (C=O) groups is 2. The van der Waals surface area contributed by atoms with Crippen molar-refractivity contribution in [2.75, 3.05) is 18.5 Å². The molecule has 0 unspecified atom stereocenters. The summed E-state index contributed by atoms with van der Waals surface area (Å²) < 4.78 is 38.6. The van der Waals surface area contributed by atoms with Crippen LogP contribution in [0.1, 0.15) is 28.8 Å². The maximum atomic E-state index is 12.9. The molecule has 1 saturated carbocycles. The maximum absolute atomic E-state index is 12.9. The highest BCUT2D eigenvalue weighted by Crippen LogP contribution is 2.33. The van der Waals surface area contributed by atoms with E-state index in [0.717, 1.165) is 25.0 Å². The first kappa shape index (κ1) is 15.3. The number of aldehydes is 1. The second kappa shape index (κ2) is 5.75. The third-order valence-electron chi connectivity index (χ3n) is 3.23. The van der Waals surface area contributed by atoms with Gasteiger partial charge in [-0.3, -0.25) is 9.59 Å². The van der Waals surface area contributed by atoms with Crippen LogP contribution in [-0.4, -0.2) is 31.8 Å². The molecule has 2 rings (SSSR count). The van der Waals surface area contributed by atoms with Gasteiger partial charge in [0.1, 0.15) is 0 Å². The van der Waals surface area contributed by atoms with Gasteiger partial charge in [0.15, 0.2) is 6.29 Å². The molecule has 0 saturated heterocycles. The first-order valence-corrected chi connectivity index (χ1v) is 6.48. The van der Waals surface area contributed by atoms with Gasteiger partial charge in [-0.25, -0.2) is 0 Å². The molecule has 1 aliphatic carbocycles. The Balaban J connectivity index is 2.14. The predicted molar refractivity (Wildman–Crippen MR) is 71.3 cm³/mol. The van der Waals surface area contributed by atoms with E-state index < -0.39 is 17.3 Å². The van der Waals surface area contributed by atoms with E-state index in [-0.39, 0.29) is 30.5 Å². The van der Waals surface area contributed by atoms with E-state index in [1.165, 1.54) is 18.0 Å². The highest BCUT2D eigenvalue weighted by Gasteiger charge is 2.34. The third-order valence-corrected chi connectivity index (χ3v) is 3.23. The number of rotatable bonds is 5. The molecule has 0 radical (unpaired) electrons. The Hall–Kier alpha value is -2.05. The van der Waals surface area contributed by atoms with E-state index in [1.807, 2.05) is 0 Å². The summed E-state index contributed by atoms with van der Waals surface area (Å²) >= 11 is 0. The second-order valence-electron chi connectivity index (χ2n) is 5.09. The van der Waals surface area contributed by atoms with Crippen molar-refractivity contribution in [1.29, 1.82) is 0 Å². The Morgan fingerprint density at radius 2 is 2.10 bits per heavy atom. The van der Waals surface area contributed by atoms with Gasteiger partial charge >= 0.3 is 6.18 Å². The van der Waals surface area contributed by atoms with E-state index in [1.54, 1.807) is 0 Å². The fourth-order valence-corrected chi connectivity index (χ4v) is 1.94. The molecule has 1 aliphatic rings. The van der Waals surface area contributed by atoms with Crippen molar-refractivity contribution in [2.45, 2.75) is 25.1 Å². The first-order valence-electron chi connectivity index (χ1n) is 6.48. The average molecular weight is 300 g/mol. The lowest BCUT2D eigenvalue weighted by atomic mass is 10.1. The number of carbonyl (C=O) groups excluding carboxylic acids is 2. The van der Waals surface area contributed by atoms with Crippen molar-refractivity contribution in [3.8, 4) is 0 Å². The lowest BCUT2D eigenvalue weighted by Gasteiger charge is -2.20. The summed E-state index contributed by atoms with van der Waals surface area (Å²) in [6.45, 7) is -0.0335. The van der Waals surface area contributed by atoms with Gasteiger partial charge in [-0.2, -0.15) is 13.2 Å². The number of likely N-dealkylation sites (N-methyl/N-ethyl adjacent to an activating group) is 1. The fraction of sp³-hybridized carbons (Fsp3) is 0.429. The van der Waals surface area contributed by atoms with Crippen molar-refractivity contribution in [3.63, 3.8) is 0 Å². The predicted octanol–water partition coefficient (Wildman–Crippen LogP) is 2.23. The van der Waals surface area contributed by atoms with Crippen LogP contribution in [0, 0.1) is 0 Å². The van der Waals surface area contributed by atoms with Crippen LogP contribution in [0.3, 0.4) is 0 Å². The molecule has 7 heteroatoms. The number of hydrogen-bond acceptors (Lipinski definition) is 3. The number of hydrogen-bond donors (Lipinski definition) is 1. The first-order chi connectivity index (χ1) is 9.81. The number of alkyl halides is 3. The molecular weight excluding hydrogens is 285 g/mol. The molecule has 0 aromatic heterocycles. The van der Waals surface area contributed by atoms with Gasteiger partial charge in [-0.1, -0.05) is 0 Å². The maximum Gasteiger partial charge on any atom is 0.417 e. The van der Waals surface area contributed by atoms with Crippen LogP contribution in [0.25, 0.3) is 0 Å². The summed E-state index contributed by atoms with van der Waals surface area (Å²) in [5.74, 6) is -0.229. The number of halogens is 3. The van der Waals surface area contributed by atoms with Gasteiger partial charge in [0.25, 0.3) is 0 Å². The Bertz CT molecular complexity index is 554. The lowest BCUT2D eigenvalue weighted by Crippen LogP contribution is -2.36. The van der Waals surface area contributed by atoms with Crippen LogP contribution >= 0.6 is 0 Å². The highest BCUT2D eigenvalue weighted by molar-refractivity contribution is 5.83. The summed E-state index contributed by atoms with van der Waals surface area (Å²) in [6, 6.07) is 3.59. The molecule has 0 heterocycles. The summed E-state index contributed by atoms with van der Waals surface area (Å²) in [4.78, 5) is 23.8. The van der Waals surface area contributed by atoms with Crippen LogP contribution in [0.5, 0.6) is 0 Å². The minimum absolute atomic E-state index is 0.0335. The van der Waals surface area contributed by atoms with Gasteiger partial charge in [0.05, 0.1) is 12.1 Å². The SMILES string of the molecule is CN(CC(=O)NC1CC1)c1ccc(C=O)c(C(F)(F)F)c1. The molecule has 0 bridgehead atoms. The minimum atomic E-state index is -4.61. The van der Waals surface area contributed by atoms with E-state index in [4.69, 9.17) is 0 Å². The molecule has 4 nitrogen and oxygen atoms in total. The van der Waals surface area contributed by atoms with Gasteiger partial charge in [0.2, 0.25) is 5.91 Å². The number of nitrogens with zero attached hydrogens (tertiary/aromatic N) is 1. The van der Waals surface area contributed by atoms with E-state index in [9.17, 15) is 22.8 Å². The largest absolute Gasteiger partial charge is 0.417 e. The van der Waals surface area contributed by atoms with Gasteiger partial charge in [-0.15, -0.1) is 0 Å². The molecule has 1 fully saturated rings. The molecular formula is C14H15F3N2O2. The van der Waals surface area contributed by atoms with Crippen molar-refractivity contribution in [2.24, 2.45) is 0 Å². The molecule has 114 valence electrons. The Morgan fingerprint density at radius 1 is 1.43 bits per heavy atom. The smallest absolute Gasteiger partial charge is 0.365 e. The zero-order valence-corrected chi connectivity index (χ0v) is 11.4. The Kier molecular flexibility index (Phi) is 4.20. The molecule has 1 aromatic carbocycles. The molecule has 1 amide bonds. The second-order valence-corrected chi connectivity index (χ2v) is 5.09. The van der Waals surface area contributed by atoms with Crippen LogP contribution in [0.15, 0.2) is 18.2 Å². The van der Waals surface area contributed by atoms with Crippen molar-refractivity contribution >= 4 is 17.9 Å². The van der Waals surface area contributed by atoms with Gasteiger partial charge in [-0.05, 0) is 31.0 Å². The normalized spacial score (nSPS) is 14.7. The fourth-order valence-electron chi connectivity index (χ4n) is 1.94. The van der Waals surface area contributed by atoms with Crippen molar-refractivity contribution < 1.29 is 22.8 Å². The summed E-state index contributed by atoms with van der Waals surface area (Å²) in [5.41, 5.74) is -1.18. The van der Waals surface area contributed by atoms with Crippen LogP contribution in [0.2, 0.25) is 0 Å². The van der Waals surface area contributed by atoms with E-state index >= 15 is 0 Å². The summed E-state index contributed by atoms with van der Waals surface area (Å²) in [6.07, 6.45) is -2.54. The van der Waals surface area contributed by atoms with Crippen molar-refractivity contribution in [3.05, 3.63) is 29.3 Å². The molecule has 1 N–H and O–H groups in total. The number of anilines is 1. The van der Waals surface area contributed by atoms with Crippen LogP contribution < -0.4 is 10.2 Å². The average Bonchev–Trinajstić information content (AvgIpc) is 3.20. The third kappa shape index (κ3) is 3.96. The molecule has 1 aromatic rings. The summed E-state index contributed by atoms with van der Waals surface area (Å²) in [7, 11) is 1.53. The van der Waals surface area contributed by atoms with E-state index in [2.05, 4.69) is 5.32 Å². The minimum Gasteiger partial charge on any atom is -0.365 e. The standard InChI is InChI=1S/C14H15F3N2O2/c1-19(7-13(21)18-10-3-4-10)11-5-2-9(8-20)12(6-11)14(15,16)17/h2,5-6,8,10H,3-4,7H2,1H3,(H,18,21). The highest BCUT2D eigenvalue weighted by atomic mass is 19.4. The van der Waals surface area contributed by atoms with Crippen LogP contribution in [0.4, 0.5) is 18.9 Å². The zero-order valence-electron chi connectivity index (χ0n) is 11.4. The van der Waals surface area contributed by atoms with Gasteiger partial charge < -0.3 is 10.2 Å². The van der Waals surface area contributed by atoms with E-state index in [0.29, 0.717) is 0 Å². The van der Waals surface area contributed by atoms with Crippen LogP contribution in [-0.2, 0) is 11.0 Å². The summed E-state index contributed by atoms with van der Waals surface area (Å²) in [5, 5.41) is 2.76. The Morgan fingerprint density at radius 3 is 2.62 bits per heavy atom. The Labute approximate surface area is 119 Å². The number of amides is 1. The lowest BCUT2D eigenvalue weighted by molar-refractivity contribution is -0.137. The number of benzene rings is 1. The molecule has 21 heavy (non-hydrogen) atoms. The molecule has 0 aliphatic heterocycles. The number of nitrogens with one attached hydrogen (secondary N) is 1. The van der Waals surface area contributed by atoms with Crippen molar-refractivity contribution in [1.82, 2.24) is 5.32 Å². The molecule has 0 spiro atoms. The van der Waals surface area contributed by atoms with Gasteiger partial charge in [0, 0.05) is 24.3 Å².